The van der Waals surface area contributed by atoms with Crippen LogP contribution in [0.1, 0.15) is 21.0 Å². The largest absolute Gasteiger partial charge is 0.476 e. The van der Waals surface area contributed by atoms with Gasteiger partial charge < -0.3 is 15.0 Å². The Labute approximate surface area is 147 Å². The monoisotopic (exact) mass is 346 g/mol. The molecule has 0 fully saturated rings. The maximum Gasteiger partial charge on any atom is 0.355 e. The van der Waals surface area contributed by atoms with Gasteiger partial charge in [0.25, 0.3) is 5.91 Å². The van der Waals surface area contributed by atoms with Gasteiger partial charge in [-0.05, 0) is 24.3 Å². The van der Waals surface area contributed by atoms with Crippen molar-refractivity contribution in [1.82, 2.24) is 14.5 Å². The summed E-state index contributed by atoms with van der Waals surface area (Å²) in [4.78, 5) is 32.3. The summed E-state index contributed by atoms with van der Waals surface area (Å²) in [5.41, 5.74) is 1.49. The molecule has 7 heteroatoms. The van der Waals surface area contributed by atoms with E-state index in [0.717, 1.165) is 10.9 Å². The van der Waals surface area contributed by atoms with E-state index in [1.165, 1.54) is 6.20 Å². The summed E-state index contributed by atoms with van der Waals surface area (Å²) in [6.45, 7) is 0. The van der Waals surface area contributed by atoms with Gasteiger partial charge in [-0.3, -0.25) is 4.79 Å². The van der Waals surface area contributed by atoms with Crippen LogP contribution in [0, 0.1) is 0 Å². The van der Waals surface area contributed by atoms with Gasteiger partial charge in [0.15, 0.2) is 11.4 Å². The molecule has 0 aliphatic carbocycles. The number of nitrogens with one attached hydrogen (secondary N) is 1. The topological polar surface area (TPSA) is 97.1 Å². The standard InChI is InChI=1S/C19H14N4O3/c1-23-10-7-11-5-8-21-16(17(11)23)18(24)22-14-4-2-3-13-12(14)6-9-20-15(13)19(25)26/h2-10H,1H3,(H,22,24)(H,25,26). The zero-order chi connectivity index (χ0) is 18.3. The maximum atomic E-state index is 12.8. The van der Waals surface area contributed by atoms with Crippen molar-refractivity contribution in [2.24, 2.45) is 7.05 Å². The van der Waals surface area contributed by atoms with Gasteiger partial charge in [-0.1, -0.05) is 12.1 Å². The number of carboxylic acid groups (broad SMARTS) is 1. The lowest BCUT2D eigenvalue weighted by atomic mass is 10.1. The minimum absolute atomic E-state index is 0.0544. The summed E-state index contributed by atoms with van der Waals surface area (Å²) in [7, 11) is 1.85. The van der Waals surface area contributed by atoms with Crippen molar-refractivity contribution in [3.05, 3.63) is 66.4 Å². The lowest BCUT2D eigenvalue weighted by Crippen LogP contribution is -2.15. The zero-order valence-electron chi connectivity index (χ0n) is 13.8. The number of carbonyl (C=O) groups is 2. The Morgan fingerprint density at radius 3 is 2.58 bits per heavy atom. The molecule has 1 amide bonds. The molecule has 0 unspecified atom stereocenters. The summed E-state index contributed by atoms with van der Waals surface area (Å²) >= 11 is 0. The first-order valence-corrected chi connectivity index (χ1v) is 7.88. The van der Waals surface area contributed by atoms with Crippen LogP contribution in [-0.4, -0.2) is 31.5 Å². The Bertz CT molecular complexity index is 1180. The highest BCUT2D eigenvalue weighted by atomic mass is 16.4. The summed E-state index contributed by atoms with van der Waals surface area (Å²) in [5, 5.41) is 14.1. The molecule has 4 rings (SSSR count). The highest BCUT2D eigenvalue weighted by Gasteiger charge is 2.17. The van der Waals surface area contributed by atoms with Crippen LogP contribution in [0.4, 0.5) is 5.69 Å². The molecule has 7 nitrogen and oxygen atoms in total. The van der Waals surface area contributed by atoms with Gasteiger partial charge in [-0.25, -0.2) is 14.8 Å². The van der Waals surface area contributed by atoms with Crippen LogP contribution in [0.15, 0.2) is 55.0 Å². The van der Waals surface area contributed by atoms with Gasteiger partial charge in [-0.2, -0.15) is 0 Å². The number of hydrogen-bond donors (Lipinski definition) is 2. The number of aryl methyl sites for hydroxylation is 1. The van der Waals surface area contributed by atoms with Gasteiger partial charge in [0.1, 0.15) is 0 Å². The number of hydrogen-bond acceptors (Lipinski definition) is 4. The quantitative estimate of drug-likeness (QED) is 0.594. The van der Waals surface area contributed by atoms with E-state index in [-0.39, 0.29) is 11.6 Å². The van der Waals surface area contributed by atoms with Crippen molar-refractivity contribution in [2.45, 2.75) is 0 Å². The molecule has 3 heterocycles. The van der Waals surface area contributed by atoms with Crippen molar-refractivity contribution in [2.75, 3.05) is 5.32 Å². The summed E-state index contributed by atoms with van der Waals surface area (Å²) in [5.74, 6) is -1.48. The van der Waals surface area contributed by atoms with E-state index < -0.39 is 5.97 Å². The lowest BCUT2D eigenvalue weighted by molar-refractivity contribution is 0.0692. The third-order valence-electron chi connectivity index (χ3n) is 4.26. The number of rotatable bonds is 3. The predicted molar refractivity (Wildman–Crippen MR) is 97.4 cm³/mol. The molecule has 128 valence electrons. The molecule has 0 saturated carbocycles. The number of aromatic carboxylic acids is 1. The summed E-state index contributed by atoms with van der Waals surface area (Å²) < 4.78 is 1.84. The third-order valence-corrected chi connectivity index (χ3v) is 4.26. The number of carboxylic acids is 1. The lowest BCUT2D eigenvalue weighted by Gasteiger charge is -2.10. The molecular formula is C19H14N4O3. The molecule has 0 aliphatic rings. The van der Waals surface area contributed by atoms with E-state index in [9.17, 15) is 14.7 Å². The van der Waals surface area contributed by atoms with Gasteiger partial charge in [-0.15, -0.1) is 0 Å². The molecule has 26 heavy (non-hydrogen) atoms. The molecule has 3 aromatic heterocycles. The van der Waals surface area contributed by atoms with Crippen LogP contribution in [0.5, 0.6) is 0 Å². The van der Waals surface area contributed by atoms with Gasteiger partial charge in [0, 0.05) is 47.5 Å². The van der Waals surface area contributed by atoms with Gasteiger partial charge in [0.2, 0.25) is 0 Å². The van der Waals surface area contributed by atoms with E-state index >= 15 is 0 Å². The third kappa shape index (κ3) is 2.46. The molecule has 4 aromatic rings. The molecule has 2 N–H and O–H groups in total. The van der Waals surface area contributed by atoms with Crippen LogP contribution in [0.3, 0.4) is 0 Å². The minimum atomic E-state index is -1.12. The van der Waals surface area contributed by atoms with Crippen molar-refractivity contribution in [3.63, 3.8) is 0 Å². The Hall–Kier alpha value is -3.74. The normalized spacial score (nSPS) is 11.0. The SMILES string of the molecule is Cn1ccc2ccnc(C(=O)Nc3cccc4c(C(=O)O)nccc34)c21. The van der Waals surface area contributed by atoms with Crippen molar-refractivity contribution >= 4 is 39.2 Å². The van der Waals surface area contributed by atoms with E-state index in [4.69, 9.17) is 0 Å². The number of nitrogens with zero attached hydrogens (tertiary/aromatic N) is 3. The minimum Gasteiger partial charge on any atom is -0.476 e. The average molecular weight is 346 g/mol. The maximum absolute atomic E-state index is 12.8. The highest BCUT2D eigenvalue weighted by molar-refractivity contribution is 6.14. The van der Waals surface area contributed by atoms with Gasteiger partial charge in [0.05, 0.1) is 5.52 Å². The number of carbonyl (C=O) groups excluding carboxylic acids is 1. The number of fused-ring (bicyclic) bond motifs is 2. The van der Waals surface area contributed by atoms with Crippen molar-refractivity contribution in [3.8, 4) is 0 Å². The average Bonchev–Trinajstić information content (AvgIpc) is 3.02. The number of amides is 1. The number of benzene rings is 1. The first-order valence-electron chi connectivity index (χ1n) is 7.88. The number of pyridine rings is 2. The molecule has 0 saturated heterocycles. The molecule has 0 radical (unpaired) electrons. The van der Waals surface area contributed by atoms with E-state index in [2.05, 4.69) is 15.3 Å². The molecule has 1 aromatic carbocycles. The Kier molecular flexibility index (Phi) is 3.62. The van der Waals surface area contributed by atoms with Crippen LogP contribution < -0.4 is 5.32 Å². The second-order valence-corrected chi connectivity index (χ2v) is 5.84. The predicted octanol–water partition coefficient (Wildman–Crippen LogP) is 3.07. The first-order chi connectivity index (χ1) is 12.6. The summed E-state index contributed by atoms with van der Waals surface area (Å²) in [6.07, 6.45) is 4.87. The zero-order valence-corrected chi connectivity index (χ0v) is 13.8. The molecule has 0 atom stereocenters. The molecule has 0 bridgehead atoms. The Morgan fingerprint density at radius 1 is 1.00 bits per heavy atom. The summed E-state index contributed by atoms with van der Waals surface area (Å²) in [6, 6.07) is 10.5. The first kappa shape index (κ1) is 15.8. The van der Waals surface area contributed by atoms with Crippen molar-refractivity contribution < 1.29 is 14.7 Å². The fraction of sp³-hybridized carbons (Fsp3) is 0.0526. The van der Waals surface area contributed by atoms with E-state index in [0.29, 0.717) is 22.2 Å². The second kappa shape index (κ2) is 5.96. The van der Waals surface area contributed by atoms with E-state index in [1.54, 1.807) is 30.5 Å². The van der Waals surface area contributed by atoms with Crippen LogP contribution >= 0.6 is 0 Å². The van der Waals surface area contributed by atoms with Crippen LogP contribution in [0.25, 0.3) is 21.7 Å². The van der Waals surface area contributed by atoms with E-state index in [1.807, 2.05) is 29.9 Å². The highest BCUT2D eigenvalue weighted by Crippen LogP contribution is 2.26. The van der Waals surface area contributed by atoms with Crippen LogP contribution in [0.2, 0.25) is 0 Å². The fourth-order valence-corrected chi connectivity index (χ4v) is 3.07. The number of aromatic nitrogens is 3. The van der Waals surface area contributed by atoms with Crippen molar-refractivity contribution in [1.29, 1.82) is 0 Å². The molecular weight excluding hydrogens is 332 g/mol. The second-order valence-electron chi connectivity index (χ2n) is 5.84. The molecule has 0 spiro atoms. The van der Waals surface area contributed by atoms with Gasteiger partial charge >= 0.3 is 5.97 Å². The van der Waals surface area contributed by atoms with Crippen LogP contribution in [-0.2, 0) is 7.05 Å². The Morgan fingerprint density at radius 2 is 1.77 bits per heavy atom. The fourth-order valence-electron chi connectivity index (χ4n) is 3.07. The smallest absolute Gasteiger partial charge is 0.355 e. The molecule has 0 aliphatic heterocycles. The number of anilines is 1. The Balaban J connectivity index is 1.80.